The van der Waals surface area contributed by atoms with E-state index in [2.05, 4.69) is 44.3 Å². The van der Waals surface area contributed by atoms with Crippen molar-refractivity contribution in [3.8, 4) is 0 Å². The SMILES string of the molecule is CN=C(NC1CCCN(c2ncccn2)C1)NC1C2CCOC2C1(C)C. The molecule has 4 atom stereocenters. The summed E-state index contributed by atoms with van der Waals surface area (Å²) < 4.78 is 5.90. The molecule has 2 saturated heterocycles. The van der Waals surface area contributed by atoms with E-state index in [1.807, 2.05) is 13.1 Å². The van der Waals surface area contributed by atoms with E-state index < -0.39 is 0 Å². The lowest BCUT2D eigenvalue weighted by Crippen LogP contribution is -2.68. The maximum atomic E-state index is 5.90. The summed E-state index contributed by atoms with van der Waals surface area (Å²) in [6, 6.07) is 2.62. The number of rotatable bonds is 3. The van der Waals surface area contributed by atoms with Crippen LogP contribution in [0, 0.1) is 11.3 Å². The fourth-order valence-corrected chi connectivity index (χ4v) is 4.86. The van der Waals surface area contributed by atoms with Gasteiger partial charge in [0.1, 0.15) is 0 Å². The minimum absolute atomic E-state index is 0.148. The third-order valence-electron chi connectivity index (χ3n) is 6.21. The van der Waals surface area contributed by atoms with Crippen LogP contribution < -0.4 is 15.5 Å². The maximum absolute atomic E-state index is 5.90. The highest BCUT2D eigenvalue weighted by molar-refractivity contribution is 5.80. The molecule has 142 valence electrons. The summed E-state index contributed by atoms with van der Waals surface area (Å²) in [6.07, 6.45) is 7.40. The molecule has 2 aliphatic heterocycles. The number of nitrogens with one attached hydrogen (secondary N) is 2. The van der Waals surface area contributed by atoms with Gasteiger partial charge in [-0.1, -0.05) is 13.8 Å². The van der Waals surface area contributed by atoms with Crippen LogP contribution in [0.25, 0.3) is 0 Å². The van der Waals surface area contributed by atoms with Gasteiger partial charge in [-0.2, -0.15) is 0 Å². The Hall–Kier alpha value is -1.89. The summed E-state index contributed by atoms with van der Waals surface area (Å²) in [4.78, 5) is 15.5. The Balaban J connectivity index is 1.36. The molecule has 1 aromatic heterocycles. The highest BCUT2D eigenvalue weighted by Gasteiger charge is 2.59. The van der Waals surface area contributed by atoms with Crippen LogP contribution in [-0.2, 0) is 4.74 Å². The second-order valence-electron chi connectivity index (χ2n) is 8.24. The van der Waals surface area contributed by atoms with E-state index in [-0.39, 0.29) is 5.41 Å². The van der Waals surface area contributed by atoms with E-state index >= 15 is 0 Å². The van der Waals surface area contributed by atoms with Gasteiger partial charge in [0.05, 0.1) is 6.10 Å². The lowest BCUT2D eigenvalue weighted by Gasteiger charge is -2.55. The van der Waals surface area contributed by atoms with Crippen LogP contribution in [0.15, 0.2) is 23.5 Å². The van der Waals surface area contributed by atoms with Crippen LogP contribution in [0.2, 0.25) is 0 Å². The predicted octanol–water partition coefficient (Wildman–Crippen LogP) is 1.42. The molecule has 7 heteroatoms. The lowest BCUT2D eigenvalue weighted by molar-refractivity contribution is -0.106. The molecule has 4 unspecified atom stereocenters. The fourth-order valence-electron chi connectivity index (χ4n) is 4.86. The number of hydrogen-bond acceptors (Lipinski definition) is 5. The minimum Gasteiger partial charge on any atom is -0.377 e. The number of nitrogens with zero attached hydrogens (tertiary/aromatic N) is 4. The Morgan fingerprint density at radius 2 is 2.08 bits per heavy atom. The van der Waals surface area contributed by atoms with Gasteiger partial charge in [0.15, 0.2) is 5.96 Å². The number of anilines is 1. The van der Waals surface area contributed by atoms with Gasteiger partial charge in [0, 0.05) is 62.6 Å². The van der Waals surface area contributed by atoms with Gasteiger partial charge >= 0.3 is 0 Å². The Kier molecular flexibility index (Phi) is 4.73. The van der Waals surface area contributed by atoms with E-state index in [1.54, 1.807) is 12.4 Å². The second kappa shape index (κ2) is 7.02. The largest absolute Gasteiger partial charge is 0.377 e. The van der Waals surface area contributed by atoms with Gasteiger partial charge in [-0.15, -0.1) is 0 Å². The number of aliphatic imine (C=N–C) groups is 1. The normalized spacial score (nSPS) is 33.3. The average Bonchev–Trinajstić information content (AvgIpc) is 3.13. The first-order valence-corrected chi connectivity index (χ1v) is 9.73. The third-order valence-corrected chi connectivity index (χ3v) is 6.21. The van der Waals surface area contributed by atoms with Crippen molar-refractivity contribution in [3.63, 3.8) is 0 Å². The van der Waals surface area contributed by atoms with E-state index in [0.29, 0.717) is 24.1 Å². The molecule has 0 bridgehead atoms. The molecule has 3 heterocycles. The van der Waals surface area contributed by atoms with Gasteiger partial charge in [0.25, 0.3) is 0 Å². The average molecular weight is 358 g/mol. The number of ether oxygens (including phenoxy) is 1. The Morgan fingerprint density at radius 3 is 2.85 bits per heavy atom. The van der Waals surface area contributed by atoms with Crippen molar-refractivity contribution in [1.82, 2.24) is 20.6 Å². The minimum atomic E-state index is 0.148. The second-order valence-corrected chi connectivity index (χ2v) is 8.24. The number of piperidine rings is 1. The Bertz CT molecular complexity index is 649. The molecule has 0 aromatic carbocycles. The number of hydrogen-bond donors (Lipinski definition) is 2. The van der Waals surface area contributed by atoms with Crippen molar-refractivity contribution < 1.29 is 4.74 Å². The molecule has 3 aliphatic rings. The molecular weight excluding hydrogens is 328 g/mol. The van der Waals surface area contributed by atoms with Gasteiger partial charge in [0.2, 0.25) is 5.95 Å². The molecule has 26 heavy (non-hydrogen) atoms. The van der Waals surface area contributed by atoms with Crippen LogP contribution >= 0.6 is 0 Å². The standard InChI is InChI=1S/C19H30N6O/c1-19(2)15(14-7-11-26-16(14)19)24-17(20-3)23-13-6-4-10-25(12-13)18-21-8-5-9-22-18/h5,8-9,13-16H,4,6-7,10-12H2,1-3H3,(H2,20,23,24). The Labute approximate surface area is 155 Å². The summed E-state index contributed by atoms with van der Waals surface area (Å²) in [5.41, 5.74) is 0.148. The van der Waals surface area contributed by atoms with Gasteiger partial charge in [-0.25, -0.2) is 9.97 Å². The molecule has 2 N–H and O–H groups in total. The topological polar surface area (TPSA) is 74.7 Å². The van der Waals surface area contributed by atoms with E-state index in [0.717, 1.165) is 50.9 Å². The molecule has 0 amide bonds. The molecule has 1 aromatic rings. The summed E-state index contributed by atoms with van der Waals surface area (Å²) in [5, 5.41) is 7.30. The van der Waals surface area contributed by atoms with Crippen molar-refractivity contribution in [2.24, 2.45) is 16.3 Å². The van der Waals surface area contributed by atoms with Crippen molar-refractivity contribution >= 4 is 11.9 Å². The highest BCUT2D eigenvalue weighted by Crippen LogP contribution is 2.52. The van der Waals surface area contributed by atoms with Crippen LogP contribution in [-0.4, -0.2) is 60.9 Å². The van der Waals surface area contributed by atoms with Gasteiger partial charge in [-0.3, -0.25) is 4.99 Å². The third kappa shape index (κ3) is 3.13. The molecule has 1 saturated carbocycles. The highest BCUT2D eigenvalue weighted by atomic mass is 16.5. The first kappa shape index (κ1) is 17.5. The Morgan fingerprint density at radius 1 is 1.27 bits per heavy atom. The molecule has 4 rings (SSSR count). The zero-order chi connectivity index (χ0) is 18.1. The van der Waals surface area contributed by atoms with E-state index in [4.69, 9.17) is 4.74 Å². The van der Waals surface area contributed by atoms with E-state index in [9.17, 15) is 0 Å². The molecule has 1 aliphatic carbocycles. The summed E-state index contributed by atoms with van der Waals surface area (Å²) >= 11 is 0. The smallest absolute Gasteiger partial charge is 0.225 e. The van der Waals surface area contributed by atoms with Crippen LogP contribution in [0.4, 0.5) is 5.95 Å². The van der Waals surface area contributed by atoms with Crippen molar-refractivity contribution in [1.29, 1.82) is 0 Å². The predicted molar refractivity (Wildman–Crippen MR) is 102 cm³/mol. The van der Waals surface area contributed by atoms with Crippen molar-refractivity contribution in [2.75, 3.05) is 31.6 Å². The summed E-state index contributed by atoms with van der Waals surface area (Å²) in [5.74, 6) is 2.31. The first-order valence-electron chi connectivity index (χ1n) is 9.73. The maximum Gasteiger partial charge on any atom is 0.225 e. The zero-order valence-electron chi connectivity index (χ0n) is 16.0. The molecule has 7 nitrogen and oxygen atoms in total. The summed E-state index contributed by atoms with van der Waals surface area (Å²) in [7, 11) is 1.85. The van der Waals surface area contributed by atoms with Gasteiger partial charge in [-0.05, 0) is 25.3 Å². The summed E-state index contributed by atoms with van der Waals surface area (Å²) in [6.45, 7) is 7.37. The van der Waals surface area contributed by atoms with Crippen LogP contribution in [0.3, 0.4) is 0 Å². The quantitative estimate of drug-likeness (QED) is 0.629. The molecule has 0 spiro atoms. The number of fused-ring (bicyclic) bond motifs is 1. The van der Waals surface area contributed by atoms with Crippen molar-refractivity contribution in [3.05, 3.63) is 18.5 Å². The number of guanidine groups is 1. The number of aromatic nitrogens is 2. The zero-order valence-corrected chi connectivity index (χ0v) is 16.0. The van der Waals surface area contributed by atoms with Crippen molar-refractivity contribution in [2.45, 2.75) is 51.3 Å². The van der Waals surface area contributed by atoms with Crippen LogP contribution in [0.1, 0.15) is 33.1 Å². The monoisotopic (exact) mass is 358 g/mol. The molecule has 0 radical (unpaired) electrons. The lowest BCUT2D eigenvalue weighted by atomic mass is 9.57. The molecule has 3 fully saturated rings. The molecular formula is C19H30N6O. The first-order chi connectivity index (χ1) is 12.6. The van der Waals surface area contributed by atoms with E-state index in [1.165, 1.54) is 0 Å². The van der Waals surface area contributed by atoms with Crippen LogP contribution in [0.5, 0.6) is 0 Å². The van der Waals surface area contributed by atoms with Gasteiger partial charge < -0.3 is 20.3 Å². The fraction of sp³-hybridized carbons (Fsp3) is 0.737.